The van der Waals surface area contributed by atoms with Crippen LogP contribution < -0.4 is 5.56 Å². The van der Waals surface area contributed by atoms with Crippen LogP contribution in [-0.2, 0) is 10.3 Å². The van der Waals surface area contributed by atoms with Crippen molar-refractivity contribution in [3.8, 4) is 11.1 Å². The number of amides is 1. The largest absolute Gasteiger partial charge is 0.438 e. The van der Waals surface area contributed by atoms with Crippen LogP contribution in [-0.4, -0.2) is 32.8 Å². The maximum atomic E-state index is 14.8. The highest BCUT2D eigenvalue weighted by Gasteiger charge is 2.47. The van der Waals surface area contributed by atoms with E-state index < -0.39 is 23.1 Å². The third kappa shape index (κ3) is 5.18. The van der Waals surface area contributed by atoms with Gasteiger partial charge < -0.3 is 19.3 Å². The smallest absolute Gasteiger partial charge is 0.411 e. The first-order chi connectivity index (χ1) is 17.6. The van der Waals surface area contributed by atoms with Gasteiger partial charge in [0.1, 0.15) is 11.4 Å². The highest BCUT2D eigenvalue weighted by Crippen LogP contribution is 2.43. The molecule has 1 saturated heterocycles. The van der Waals surface area contributed by atoms with Gasteiger partial charge in [-0.1, -0.05) is 42.5 Å². The number of hydrogen-bond acceptors (Lipinski definition) is 4. The molecule has 194 valence electrons. The van der Waals surface area contributed by atoms with Gasteiger partial charge in [0.15, 0.2) is 0 Å². The first-order valence-corrected chi connectivity index (χ1v) is 12.9. The van der Waals surface area contributed by atoms with E-state index >= 15 is 0 Å². The van der Waals surface area contributed by atoms with Gasteiger partial charge in [-0.15, -0.1) is 0 Å². The Morgan fingerprint density at radius 3 is 2.38 bits per heavy atom. The Morgan fingerprint density at radius 1 is 1.08 bits per heavy atom. The lowest BCUT2D eigenvalue weighted by atomic mass is 9.79. The van der Waals surface area contributed by atoms with Crippen LogP contribution in [0.3, 0.4) is 0 Å². The van der Waals surface area contributed by atoms with Crippen LogP contribution >= 0.6 is 0 Å². The molecule has 2 fully saturated rings. The third-order valence-electron chi connectivity index (χ3n) is 7.44. The molecule has 1 N–H and O–H groups in total. The average Bonchev–Trinajstić information content (AvgIpc) is 3.68. The number of ether oxygens (including phenoxy) is 1. The van der Waals surface area contributed by atoms with E-state index in [9.17, 15) is 19.1 Å². The first kappa shape index (κ1) is 25.2. The fourth-order valence-electron chi connectivity index (χ4n) is 5.42. The number of aliphatic hydroxyl groups is 1. The standard InChI is InChI=1S/C30H33FN2O4/c1-20(21-8-10-22(11-9-21)23-14-16-33(24-12-13-24)27(34)18-23)32-17-15-30(37-28(32)35,19-29(2,3)36)25-6-4-5-7-26(25)31/h4-11,14,16,18,20,24,36H,12-13,15,17,19H2,1-3H3/t20-,30?/m0/s1. The molecule has 1 aliphatic carbocycles. The van der Waals surface area contributed by atoms with E-state index in [0.29, 0.717) is 19.0 Å². The second-order valence-electron chi connectivity index (χ2n) is 11.0. The monoisotopic (exact) mass is 504 g/mol. The van der Waals surface area contributed by atoms with Gasteiger partial charge in [0, 0.05) is 43.3 Å². The van der Waals surface area contributed by atoms with Gasteiger partial charge in [-0.2, -0.15) is 0 Å². The molecular formula is C30H33FN2O4. The van der Waals surface area contributed by atoms with E-state index in [1.165, 1.54) is 6.07 Å². The molecule has 0 spiro atoms. The van der Waals surface area contributed by atoms with Gasteiger partial charge in [0.25, 0.3) is 5.56 Å². The highest BCUT2D eigenvalue weighted by molar-refractivity contribution is 5.70. The summed E-state index contributed by atoms with van der Waals surface area (Å²) >= 11 is 0. The van der Waals surface area contributed by atoms with Crippen molar-refractivity contribution in [2.75, 3.05) is 6.54 Å². The lowest BCUT2D eigenvalue weighted by Gasteiger charge is -2.45. The van der Waals surface area contributed by atoms with E-state index in [0.717, 1.165) is 29.5 Å². The minimum absolute atomic E-state index is 0.0119. The van der Waals surface area contributed by atoms with Crippen molar-refractivity contribution in [2.24, 2.45) is 0 Å². The molecule has 1 amide bonds. The van der Waals surface area contributed by atoms with Crippen molar-refractivity contribution >= 4 is 6.09 Å². The number of carbonyl (C=O) groups excluding carboxylic acids is 1. The Balaban J connectivity index is 1.34. The molecule has 1 aromatic heterocycles. The molecule has 0 bridgehead atoms. The van der Waals surface area contributed by atoms with E-state index in [-0.39, 0.29) is 23.6 Å². The summed E-state index contributed by atoms with van der Waals surface area (Å²) in [6.45, 7) is 5.55. The summed E-state index contributed by atoms with van der Waals surface area (Å²) in [7, 11) is 0. The molecule has 2 aliphatic rings. The summed E-state index contributed by atoms with van der Waals surface area (Å²) in [6.07, 6.45) is 3.88. The second-order valence-corrected chi connectivity index (χ2v) is 11.0. The Kier molecular flexibility index (Phi) is 6.44. The summed E-state index contributed by atoms with van der Waals surface area (Å²) < 4.78 is 22.6. The number of aromatic nitrogens is 1. The van der Waals surface area contributed by atoms with Crippen LogP contribution in [0, 0.1) is 5.82 Å². The van der Waals surface area contributed by atoms with Crippen molar-refractivity contribution in [1.82, 2.24) is 9.47 Å². The van der Waals surface area contributed by atoms with Crippen LogP contribution in [0.5, 0.6) is 0 Å². The molecule has 7 heteroatoms. The van der Waals surface area contributed by atoms with Crippen molar-refractivity contribution < 1.29 is 19.0 Å². The predicted molar refractivity (Wildman–Crippen MR) is 140 cm³/mol. The molecule has 2 aromatic carbocycles. The number of rotatable bonds is 7. The Hall–Kier alpha value is -3.45. The molecule has 1 unspecified atom stereocenters. The van der Waals surface area contributed by atoms with E-state index in [1.807, 2.05) is 43.5 Å². The summed E-state index contributed by atoms with van der Waals surface area (Å²) in [4.78, 5) is 27.4. The first-order valence-electron chi connectivity index (χ1n) is 12.9. The number of pyridine rings is 1. The quantitative estimate of drug-likeness (QED) is 0.432. The topological polar surface area (TPSA) is 71.8 Å². The minimum atomic E-state index is -1.25. The molecule has 2 heterocycles. The zero-order chi connectivity index (χ0) is 26.4. The van der Waals surface area contributed by atoms with Gasteiger partial charge >= 0.3 is 6.09 Å². The van der Waals surface area contributed by atoms with E-state index in [4.69, 9.17) is 4.74 Å². The lowest BCUT2D eigenvalue weighted by molar-refractivity contribution is -0.102. The summed E-state index contributed by atoms with van der Waals surface area (Å²) in [5.74, 6) is -0.457. The van der Waals surface area contributed by atoms with E-state index in [2.05, 4.69) is 0 Å². The molecule has 6 nitrogen and oxygen atoms in total. The van der Waals surface area contributed by atoms with Gasteiger partial charge in [-0.3, -0.25) is 4.79 Å². The second kappa shape index (κ2) is 9.45. The third-order valence-corrected chi connectivity index (χ3v) is 7.44. The van der Waals surface area contributed by atoms with Gasteiger partial charge in [0.2, 0.25) is 0 Å². The lowest BCUT2D eigenvalue weighted by Crippen LogP contribution is -2.51. The fourth-order valence-corrected chi connectivity index (χ4v) is 5.42. The van der Waals surface area contributed by atoms with Crippen molar-refractivity contribution in [2.45, 2.75) is 69.7 Å². The van der Waals surface area contributed by atoms with Crippen LogP contribution in [0.2, 0.25) is 0 Å². The summed E-state index contributed by atoms with van der Waals surface area (Å²) in [5, 5.41) is 10.6. The van der Waals surface area contributed by atoms with Crippen LogP contribution in [0.4, 0.5) is 9.18 Å². The fraction of sp³-hybridized carbons (Fsp3) is 0.400. The molecule has 1 aliphatic heterocycles. The van der Waals surface area contributed by atoms with Crippen molar-refractivity contribution in [3.63, 3.8) is 0 Å². The van der Waals surface area contributed by atoms with Gasteiger partial charge in [-0.25, -0.2) is 9.18 Å². The Labute approximate surface area is 216 Å². The zero-order valence-corrected chi connectivity index (χ0v) is 21.5. The van der Waals surface area contributed by atoms with E-state index in [1.54, 1.807) is 47.6 Å². The molecule has 0 radical (unpaired) electrons. The normalized spacial score (nSPS) is 21.0. The maximum Gasteiger partial charge on any atom is 0.411 e. The number of halogens is 1. The van der Waals surface area contributed by atoms with Crippen LogP contribution in [0.25, 0.3) is 11.1 Å². The molecule has 1 saturated carbocycles. The van der Waals surface area contributed by atoms with Crippen LogP contribution in [0.15, 0.2) is 71.7 Å². The van der Waals surface area contributed by atoms with Gasteiger partial charge in [0.05, 0.1) is 11.6 Å². The number of hydrogen-bond donors (Lipinski definition) is 1. The Morgan fingerprint density at radius 2 is 1.78 bits per heavy atom. The van der Waals surface area contributed by atoms with Crippen molar-refractivity contribution in [1.29, 1.82) is 0 Å². The SMILES string of the molecule is C[C@@H](c1ccc(-c2ccn(C3CC3)c(=O)c2)cc1)N1CCC(CC(C)(C)O)(c2ccccc2F)OC1=O. The predicted octanol–water partition coefficient (Wildman–Crippen LogP) is 5.95. The average molecular weight is 505 g/mol. The summed E-state index contributed by atoms with van der Waals surface area (Å²) in [6, 6.07) is 17.8. The maximum absolute atomic E-state index is 14.8. The summed E-state index contributed by atoms with van der Waals surface area (Å²) in [5.41, 5.74) is 0.602. The molecule has 3 aromatic rings. The van der Waals surface area contributed by atoms with Gasteiger partial charge in [-0.05, 0) is 62.4 Å². The van der Waals surface area contributed by atoms with Crippen molar-refractivity contribution in [3.05, 3.63) is 94.2 Å². The molecule has 37 heavy (non-hydrogen) atoms. The molecular weight excluding hydrogens is 471 g/mol. The number of carbonyl (C=O) groups is 1. The minimum Gasteiger partial charge on any atom is -0.438 e. The Bertz CT molecular complexity index is 1360. The van der Waals surface area contributed by atoms with Crippen LogP contribution in [0.1, 0.15) is 69.7 Å². The molecule has 2 atom stereocenters. The number of cyclic esters (lactones) is 1. The highest BCUT2D eigenvalue weighted by atomic mass is 19.1. The number of nitrogens with zero attached hydrogens (tertiary/aromatic N) is 2. The zero-order valence-electron chi connectivity index (χ0n) is 21.5. The molecule has 5 rings (SSSR count). The number of benzene rings is 2.